The molecule has 1 heterocycles. The van der Waals surface area contributed by atoms with Gasteiger partial charge in [-0.15, -0.1) is 0 Å². The number of aromatic nitrogens is 2. The maximum absolute atomic E-state index is 10.3. The van der Waals surface area contributed by atoms with Crippen molar-refractivity contribution in [1.82, 2.24) is 9.78 Å². The highest BCUT2D eigenvalue weighted by Gasteiger charge is 2.02. The Morgan fingerprint density at radius 1 is 1.82 bits per heavy atom. The monoisotopic (exact) mass is 152 g/mol. The van der Waals surface area contributed by atoms with E-state index in [4.69, 9.17) is 0 Å². The molecular formula is C8H12N2O. The van der Waals surface area contributed by atoms with Crippen molar-refractivity contribution in [3.63, 3.8) is 0 Å². The number of aldehydes is 1. The molecule has 0 amide bonds. The molecule has 3 heteroatoms. The first-order valence-corrected chi connectivity index (χ1v) is 3.77. The third kappa shape index (κ3) is 1.67. The lowest BCUT2D eigenvalue weighted by Gasteiger charge is -2.07. The molecule has 0 aliphatic rings. The van der Waals surface area contributed by atoms with Crippen molar-refractivity contribution >= 4 is 6.29 Å². The first-order chi connectivity index (χ1) is 5.27. The molecule has 0 aliphatic carbocycles. The van der Waals surface area contributed by atoms with Gasteiger partial charge >= 0.3 is 0 Å². The van der Waals surface area contributed by atoms with Gasteiger partial charge in [-0.1, -0.05) is 6.92 Å². The van der Waals surface area contributed by atoms with Crippen LogP contribution in [0.25, 0.3) is 0 Å². The van der Waals surface area contributed by atoms with Crippen molar-refractivity contribution in [2.75, 3.05) is 0 Å². The van der Waals surface area contributed by atoms with Gasteiger partial charge in [0.15, 0.2) is 6.29 Å². The zero-order valence-electron chi connectivity index (χ0n) is 6.82. The third-order valence-electron chi connectivity index (χ3n) is 1.80. The van der Waals surface area contributed by atoms with Gasteiger partial charge in [0, 0.05) is 12.2 Å². The zero-order chi connectivity index (χ0) is 8.27. The average molecular weight is 152 g/mol. The van der Waals surface area contributed by atoms with Crippen LogP contribution in [0.15, 0.2) is 12.4 Å². The van der Waals surface area contributed by atoms with Gasteiger partial charge in [-0.25, -0.2) is 0 Å². The Balaban J connectivity index is 2.79. The molecule has 0 radical (unpaired) electrons. The minimum absolute atomic E-state index is 0.378. The Hall–Kier alpha value is -1.12. The average Bonchev–Trinajstić information content (AvgIpc) is 2.50. The Bertz CT molecular complexity index is 242. The standard InChI is InChI=1S/C8H12N2O/c1-3-7(2)10-5-8(6-11)4-9-10/h4-7H,3H2,1-2H3/t7-/m1/s1. The van der Waals surface area contributed by atoms with Crippen LogP contribution in [0.1, 0.15) is 36.7 Å². The third-order valence-corrected chi connectivity index (χ3v) is 1.80. The van der Waals surface area contributed by atoms with Crippen LogP contribution in [0.2, 0.25) is 0 Å². The molecule has 1 aromatic rings. The minimum atomic E-state index is 0.378. The normalized spacial score (nSPS) is 12.9. The van der Waals surface area contributed by atoms with E-state index in [1.807, 2.05) is 4.68 Å². The molecule has 1 aromatic heterocycles. The van der Waals surface area contributed by atoms with Gasteiger partial charge in [0.25, 0.3) is 0 Å². The van der Waals surface area contributed by atoms with Crippen molar-refractivity contribution < 1.29 is 4.79 Å². The molecule has 0 aliphatic heterocycles. The Morgan fingerprint density at radius 3 is 3.00 bits per heavy atom. The summed E-state index contributed by atoms with van der Waals surface area (Å²) < 4.78 is 1.81. The number of hydrogen-bond acceptors (Lipinski definition) is 2. The second-order valence-electron chi connectivity index (χ2n) is 2.63. The summed E-state index contributed by atoms with van der Waals surface area (Å²) in [5.74, 6) is 0. The molecular weight excluding hydrogens is 140 g/mol. The van der Waals surface area contributed by atoms with Gasteiger partial charge in [0.05, 0.1) is 11.8 Å². The van der Waals surface area contributed by atoms with E-state index in [-0.39, 0.29) is 0 Å². The molecule has 0 unspecified atom stereocenters. The molecule has 0 fully saturated rings. The molecule has 1 atom stereocenters. The van der Waals surface area contributed by atoms with E-state index in [1.165, 1.54) is 0 Å². The van der Waals surface area contributed by atoms with Gasteiger partial charge in [-0.05, 0) is 13.3 Å². The quantitative estimate of drug-likeness (QED) is 0.617. The number of carbonyl (C=O) groups is 1. The SMILES string of the molecule is CC[C@@H](C)n1cc(C=O)cn1. The number of rotatable bonds is 3. The van der Waals surface area contributed by atoms with Crippen molar-refractivity contribution in [3.8, 4) is 0 Å². The summed E-state index contributed by atoms with van der Waals surface area (Å²) in [7, 11) is 0. The van der Waals surface area contributed by atoms with Crippen LogP contribution in [0.5, 0.6) is 0 Å². The van der Waals surface area contributed by atoms with Crippen LogP contribution in [-0.4, -0.2) is 16.1 Å². The fraction of sp³-hybridized carbons (Fsp3) is 0.500. The van der Waals surface area contributed by atoms with E-state index in [1.54, 1.807) is 12.4 Å². The molecule has 11 heavy (non-hydrogen) atoms. The molecule has 0 bridgehead atoms. The van der Waals surface area contributed by atoms with Gasteiger partial charge in [-0.3, -0.25) is 9.48 Å². The van der Waals surface area contributed by atoms with Crippen LogP contribution < -0.4 is 0 Å². The Labute approximate surface area is 66.0 Å². The number of hydrogen-bond donors (Lipinski definition) is 0. The maximum Gasteiger partial charge on any atom is 0.153 e. The van der Waals surface area contributed by atoms with Crippen molar-refractivity contribution in [1.29, 1.82) is 0 Å². The van der Waals surface area contributed by atoms with Crippen LogP contribution in [-0.2, 0) is 0 Å². The molecule has 0 spiro atoms. The Kier molecular flexibility index (Phi) is 2.41. The van der Waals surface area contributed by atoms with Gasteiger partial charge in [0.2, 0.25) is 0 Å². The van der Waals surface area contributed by atoms with E-state index in [0.29, 0.717) is 11.6 Å². The molecule has 60 valence electrons. The van der Waals surface area contributed by atoms with Crippen molar-refractivity contribution in [3.05, 3.63) is 18.0 Å². The summed E-state index contributed by atoms with van der Waals surface area (Å²) in [6.45, 7) is 4.16. The fourth-order valence-electron chi connectivity index (χ4n) is 0.842. The zero-order valence-corrected chi connectivity index (χ0v) is 6.82. The van der Waals surface area contributed by atoms with Crippen LogP contribution in [0.3, 0.4) is 0 Å². The predicted octanol–water partition coefficient (Wildman–Crippen LogP) is 1.67. The van der Waals surface area contributed by atoms with E-state index < -0.39 is 0 Å². The van der Waals surface area contributed by atoms with E-state index in [9.17, 15) is 4.79 Å². The van der Waals surface area contributed by atoms with Gasteiger partial charge < -0.3 is 0 Å². The van der Waals surface area contributed by atoms with Crippen molar-refractivity contribution in [2.45, 2.75) is 26.3 Å². The second-order valence-corrected chi connectivity index (χ2v) is 2.63. The lowest BCUT2D eigenvalue weighted by atomic mass is 10.3. The summed E-state index contributed by atoms with van der Waals surface area (Å²) in [5.41, 5.74) is 0.644. The summed E-state index contributed by atoms with van der Waals surface area (Å²) in [6.07, 6.45) is 5.19. The first kappa shape index (κ1) is 7.98. The lowest BCUT2D eigenvalue weighted by molar-refractivity contribution is 0.112. The topological polar surface area (TPSA) is 34.9 Å². The van der Waals surface area contributed by atoms with Crippen molar-refractivity contribution in [2.24, 2.45) is 0 Å². The first-order valence-electron chi connectivity index (χ1n) is 3.77. The smallest absolute Gasteiger partial charge is 0.153 e. The highest BCUT2D eigenvalue weighted by Crippen LogP contribution is 2.08. The summed E-state index contributed by atoms with van der Waals surface area (Å²) in [5, 5.41) is 4.04. The molecule has 0 N–H and O–H groups in total. The number of nitrogens with zero attached hydrogens (tertiary/aromatic N) is 2. The van der Waals surface area contributed by atoms with Crippen LogP contribution in [0, 0.1) is 0 Å². The van der Waals surface area contributed by atoms with Gasteiger partial charge in [0.1, 0.15) is 0 Å². The highest BCUT2D eigenvalue weighted by molar-refractivity contribution is 5.73. The summed E-state index contributed by atoms with van der Waals surface area (Å²) >= 11 is 0. The highest BCUT2D eigenvalue weighted by atomic mass is 16.1. The predicted molar refractivity (Wildman–Crippen MR) is 42.6 cm³/mol. The minimum Gasteiger partial charge on any atom is -0.298 e. The summed E-state index contributed by atoms with van der Waals surface area (Å²) in [4.78, 5) is 10.3. The molecule has 0 saturated carbocycles. The molecule has 1 rings (SSSR count). The Morgan fingerprint density at radius 2 is 2.55 bits per heavy atom. The fourth-order valence-corrected chi connectivity index (χ4v) is 0.842. The van der Waals surface area contributed by atoms with Gasteiger partial charge in [-0.2, -0.15) is 5.10 Å². The van der Waals surface area contributed by atoms with Crippen LogP contribution >= 0.6 is 0 Å². The summed E-state index contributed by atoms with van der Waals surface area (Å²) in [6, 6.07) is 0.378. The molecule has 0 aromatic carbocycles. The maximum atomic E-state index is 10.3. The largest absolute Gasteiger partial charge is 0.298 e. The van der Waals surface area contributed by atoms with E-state index >= 15 is 0 Å². The van der Waals surface area contributed by atoms with Crippen LogP contribution in [0.4, 0.5) is 0 Å². The second kappa shape index (κ2) is 3.32. The molecule has 0 saturated heterocycles. The molecule has 3 nitrogen and oxygen atoms in total. The number of carbonyl (C=O) groups excluding carboxylic acids is 1. The van der Waals surface area contributed by atoms with E-state index in [2.05, 4.69) is 18.9 Å². The lowest BCUT2D eigenvalue weighted by Crippen LogP contribution is -2.03. The van der Waals surface area contributed by atoms with E-state index in [0.717, 1.165) is 12.7 Å².